The molecule has 94 valence electrons. The van der Waals surface area contributed by atoms with Gasteiger partial charge in [-0.05, 0) is 47.0 Å². The molecule has 0 radical (unpaired) electrons. The van der Waals surface area contributed by atoms with E-state index in [0.29, 0.717) is 17.9 Å². The number of unbranched alkanes of at least 4 members (excludes halogenated alkanes) is 1. The third kappa shape index (κ3) is 4.26. The molecule has 0 bridgehead atoms. The lowest BCUT2D eigenvalue weighted by molar-refractivity contribution is 0.252. The van der Waals surface area contributed by atoms with Crippen LogP contribution in [0.1, 0.15) is 25.3 Å². The Kier molecular flexibility index (Phi) is 5.28. The number of benzene rings is 1. The Morgan fingerprint density at radius 2 is 2.18 bits per heavy atom. The minimum absolute atomic E-state index is 0.206. The number of amides is 2. The number of halogens is 1. The topological polar surface area (TPSA) is 67.2 Å². The van der Waals surface area contributed by atoms with Crippen LogP contribution >= 0.6 is 15.9 Å². The van der Waals surface area contributed by atoms with Crippen LogP contribution in [0.4, 0.5) is 16.2 Å². The number of hydrogen-bond acceptors (Lipinski definition) is 2. The summed E-state index contributed by atoms with van der Waals surface area (Å²) in [4.78, 5) is 11.6. The molecule has 0 unspecified atom stereocenters. The van der Waals surface area contributed by atoms with Gasteiger partial charge in [0.05, 0.1) is 5.69 Å². The molecule has 5 heteroatoms. The molecule has 0 spiro atoms. The summed E-state index contributed by atoms with van der Waals surface area (Å²) < 4.78 is 0.829. The van der Waals surface area contributed by atoms with Crippen molar-refractivity contribution in [2.45, 2.75) is 26.7 Å². The Labute approximate surface area is 110 Å². The molecule has 2 amide bonds. The molecule has 0 fully saturated rings. The average Bonchev–Trinajstić information content (AvgIpc) is 2.26. The zero-order valence-electron chi connectivity index (χ0n) is 10.1. The summed E-state index contributed by atoms with van der Waals surface area (Å²) >= 11 is 3.39. The minimum atomic E-state index is -0.206. The van der Waals surface area contributed by atoms with Gasteiger partial charge in [0, 0.05) is 16.7 Å². The Morgan fingerprint density at radius 1 is 1.47 bits per heavy atom. The standard InChI is InChI=1S/C12H18BrN3O/c1-3-4-5-15-12(17)16-11-7-10(14)8(2)6-9(11)13/h6-7H,3-5,14H2,1-2H3,(H2,15,16,17). The quantitative estimate of drug-likeness (QED) is 0.590. The van der Waals surface area contributed by atoms with E-state index in [0.717, 1.165) is 22.9 Å². The second kappa shape index (κ2) is 6.49. The van der Waals surface area contributed by atoms with Crippen LogP contribution < -0.4 is 16.4 Å². The third-order valence-corrected chi connectivity index (χ3v) is 3.08. The van der Waals surface area contributed by atoms with E-state index in [-0.39, 0.29) is 6.03 Å². The number of urea groups is 1. The summed E-state index contributed by atoms with van der Waals surface area (Å²) in [5, 5.41) is 5.54. The largest absolute Gasteiger partial charge is 0.398 e. The van der Waals surface area contributed by atoms with Crippen LogP contribution in [-0.2, 0) is 0 Å². The first-order chi connectivity index (χ1) is 8.04. The summed E-state index contributed by atoms with van der Waals surface area (Å²) in [6.07, 6.45) is 2.03. The number of aryl methyl sites for hydroxylation is 1. The number of nitrogen functional groups attached to an aromatic ring is 1. The predicted octanol–water partition coefficient (Wildman–Crippen LogP) is 3.26. The summed E-state index contributed by atoms with van der Waals surface area (Å²) in [5.74, 6) is 0. The van der Waals surface area contributed by atoms with Gasteiger partial charge in [-0.1, -0.05) is 13.3 Å². The van der Waals surface area contributed by atoms with Gasteiger partial charge in [0.15, 0.2) is 0 Å². The van der Waals surface area contributed by atoms with Crippen molar-refractivity contribution in [1.82, 2.24) is 5.32 Å². The lowest BCUT2D eigenvalue weighted by Crippen LogP contribution is -2.29. The van der Waals surface area contributed by atoms with E-state index < -0.39 is 0 Å². The highest BCUT2D eigenvalue weighted by Gasteiger charge is 2.06. The molecule has 0 saturated heterocycles. The number of carbonyl (C=O) groups excluding carboxylic acids is 1. The zero-order chi connectivity index (χ0) is 12.8. The van der Waals surface area contributed by atoms with Crippen LogP contribution in [0.25, 0.3) is 0 Å². The molecule has 1 aromatic rings. The van der Waals surface area contributed by atoms with Crippen molar-refractivity contribution in [2.75, 3.05) is 17.6 Å². The van der Waals surface area contributed by atoms with Crippen molar-refractivity contribution < 1.29 is 4.79 Å². The molecule has 0 aliphatic carbocycles. The fourth-order valence-corrected chi connectivity index (χ4v) is 1.89. The maximum atomic E-state index is 11.6. The molecule has 17 heavy (non-hydrogen) atoms. The molecule has 4 N–H and O–H groups in total. The number of anilines is 2. The summed E-state index contributed by atoms with van der Waals surface area (Å²) in [5.41, 5.74) is 8.12. The van der Waals surface area contributed by atoms with Crippen molar-refractivity contribution in [1.29, 1.82) is 0 Å². The van der Waals surface area contributed by atoms with Crippen molar-refractivity contribution in [2.24, 2.45) is 0 Å². The molecule has 0 aromatic heterocycles. The first kappa shape index (κ1) is 13.8. The summed E-state index contributed by atoms with van der Waals surface area (Å²) in [6, 6.07) is 3.43. The molecule has 0 saturated carbocycles. The second-order valence-electron chi connectivity index (χ2n) is 3.92. The van der Waals surface area contributed by atoms with Crippen LogP contribution in [-0.4, -0.2) is 12.6 Å². The maximum absolute atomic E-state index is 11.6. The zero-order valence-corrected chi connectivity index (χ0v) is 11.7. The van der Waals surface area contributed by atoms with Crippen molar-refractivity contribution in [3.8, 4) is 0 Å². The minimum Gasteiger partial charge on any atom is -0.398 e. The number of rotatable bonds is 4. The van der Waals surface area contributed by atoms with Gasteiger partial charge in [-0.2, -0.15) is 0 Å². The van der Waals surface area contributed by atoms with Crippen LogP contribution in [0, 0.1) is 6.92 Å². The fourth-order valence-electron chi connectivity index (χ4n) is 1.33. The number of nitrogens with one attached hydrogen (secondary N) is 2. The van der Waals surface area contributed by atoms with Crippen molar-refractivity contribution >= 4 is 33.3 Å². The number of nitrogens with two attached hydrogens (primary N) is 1. The Hall–Kier alpha value is -1.23. The lowest BCUT2D eigenvalue weighted by atomic mass is 10.2. The Bertz CT molecular complexity index is 407. The number of hydrogen-bond donors (Lipinski definition) is 3. The van der Waals surface area contributed by atoms with E-state index >= 15 is 0 Å². The lowest BCUT2D eigenvalue weighted by Gasteiger charge is -2.11. The fraction of sp³-hybridized carbons (Fsp3) is 0.417. The molecule has 0 heterocycles. The van der Waals surface area contributed by atoms with E-state index in [1.165, 1.54) is 0 Å². The molecule has 0 aliphatic heterocycles. The van der Waals surface area contributed by atoms with Gasteiger partial charge in [-0.25, -0.2) is 4.79 Å². The third-order valence-electron chi connectivity index (χ3n) is 2.42. The molecule has 0 aliphatic rings. The normalized spacial score (nSPS) is 10.1. The molecule has 1 aromatic carbocycles. The van der Waals surface area contributed by atoms with E-state index in [1.807, 2.05) is 13.0 Å². The van der Waals surface area contributed by atoms with Gasteiger partial charge in [-0.3, -0.25) is 0 Å². The van der Waals surface area contributed by atoms with Crippen LogP contribution in [0.2, 0.25) is 0 Å². The first-order valence-corrected chi connectivity index (χ1v) is 6.44. The van der Waals surface area contributed by atoms with E-state index in [1.54, 1.807) is 6.07 Å². The van der Waals surface area contributed by atoms with E-state index in [9.17, 15) is 4.79 Å². The molecular weight excluding hydrogens is 282 g/mol. The van der Waals surface area contributed by atoms with Gasteiger partial charge in [0.25, 0.3) is 0 Å². The van der Waals surface area contributed by atoms with E-state index in [4.69, 9.17) is 5.73 Å². The highest BCUT2D eigenvalue weighted by Crippen LogP contribution is 2.27. The summed E-state index contributed by atoms with van der Waals surface area (Å²) in [6.45, 7) is 4.68. The first-order valence-electron chi connectivity index (χ1n) is 5.65. The van der Waals surface area contributed by atoms with Gasteiger partial charge >= 0.3 is 6.03 Å². The molecule has 0 atom stereocenters. The summed E-state index contributed by atoms with van der Waals surface area (Å²) in [7, 11) is 0. The second-order valence-corrected chi connectivity index (χ2v) is 4.78. The van der Waals surface area contributed by atoms with Crippen LogP contribution in [0.15, 0.2) is 16.6 Å². The SMILES string of the molecule is CCCCNC(=O)Nc1cc(N)c(C)cc1Br. The van der Waals surface area contributed by atoms with Gasteiger partial charge < -0.3 is 16.4 Å². The average molecular weight is 300 g/mol. The molecular formula is C12H18BrN3O. The molecule has 4 nitrogen and oxygen atoms in total. The Balaban J connectivity index is 2.62. The highest BCUT2D eigenvalue weighted by atomic mass is 79.9. The maximum Gasteiger partial charge on any atom is 0.319 e. The van der Waals surface area contributed by atoms with Gasteiger partial charge in [0.2, 0.25) is 0 Å². The number of carbonyl (C=O) groups is 1. The monoisotopic (exact) mass is 299 g/mol. The van der Waals surface area contributed by atoms with Gasteiger partial charge in [0.1, 0.15) is 0 Å². The Morgan fingerprint density at radius 3 is 2.82 bits per heavy atom. The van der Waals surface area contributed by atoms with Crippen molar-refractivity contribution in [3.63, 3.8) is 0 Å². The smallest absolute Gasteiger partial charge is 0.319 e. The van der Waals surface area contributed by atoms with Crippen LogP contribution in [0.3, 0.4) is 0 Å². The predicted molar refractivity (Wildman–Crippen MR) is 75.2 cm³/mol. The van der Waals surface area contributed by atoms with Gasteiger partial charge in [-0.15, -0.1) is 0 Å². The van der Waals surface area contributed by atoms with E-state index in [2.05, 4.69) is 33.5 Å². The highest BCUT2D eigenvalue weighted by molar-refractivity contribution is 9.10. The van der Waals surface area contributed by atoms with Crippen molar-refractivity contribution in [3.05, 3.63) is 22.2 Å². The van der Waals surface area contributed by atoms with Crippen LogP contribution in [0.5, 0.6) is 0 Å². The molecule has 1 rings (SSSR count).